The minimum absolute atomic E-state index is 0.0883. The molecule has 0 radical (unpaired) electrons. The number of phenols is 1. The lowest BCUT2D eigenvalue weighted by Gasteiger charge is -2.07. The van der Waals surface area contributed by atoms with Crippen molar-refractivity contribution in [3.8, 4) is 22.8 Å². The van der Waals surface area contributed by atoms with Crippen LogP contribution in [0.3, 0.4) is 0 Å². The van der Waals surface area contributed by atoms with Gasteiger partial charge in [-0.15, -0.1) is 0 Å². The summed E-state index contributed by atoms with van der Waals surface area (Å²) in [5.41, 5.74) is 8.23. The lowest BCUT2D eigenvalue weighted by molar-refractivity contribution is 0.373. The number of aromatic hydroxyl groups is 1. The first-order chi connectivity index (χ1) is 9.61. The Morgan fingerprint density at radius 2 is 2.15 bits per heavy atom. The van der Waals surface area contributed by atoms with Crippen molar-refractivity contribution < 1.29 is 9.84 Å². The Labute approximate surface area is 122 Å². The van der Waals surface area contributed by atoms with Gasteiger partial charge in [-0.3, -0.25) is 0 Å². The molecule has 0 amide bonds. The smallest absolute Gasteiger partial charge is 0.161 e. The lowest BCUT2D eigenvalue weighted by atomic mass is 10.1. The second-order valence-corrected chi connectivity index (χ2v) is 5.02. The monoisotopic (exact) mass is 334 g/mol. The highest BCUT2D eigenvalue weighted by Gasteiger charge is 2.14. The Balaban J connectivity index is 2.28. The summed E-state index contributed by atoms with van der Waals surface area (Å²) in [6.07, 6.45) is 1.40. The molecule has 3 rings (SSSR count). The first kappa shape index (κ1) is 12.7. The number of nitrogens with two attached hydrogens (primary N) is 1. The summed E-state index contributed by atoms with van der Waals surface area (Å²) in [5.74, 6) is 0.879. The van der Waals surface area contributed by atoms with E-state index in [1.165, 1.54) is 13.4 Å². The largest absolute Gasteiger partial charge is 0.504 e. The molecule has 0 aliphatic heterocycles. The first-order valence-electron chi connectivity index (χ1n) is 5.77. The number of hydrogen-bond acceptors (Lipinski definition) is 5. The van der Waals surface area contributed by atoms with E-state index in [0.29, 0.717) is 17.1 Å². The summed E-state index contributed by atoms with van der Waals surface area (Å²) < 4.78 is 7.62. The van der Waals surface area contributed by atoms with E-state index in [-0.39, 0.29) is 5.75 Å². The topological polar surface area (TPSA) is 85.7 Å². The molecule has 20 heavy (non-hydrogen) atoms. The van der Waals surface area contributed by atoms with Gasteiger partial charge in [0.1, 0.15) is 11.8 Å². The van der Waals surface area contributed by atoms with E-state index in [0.717, 1.165) is 15.7 Å². The first-order valence-corrected chi connectivity index (χ1v) is 6.56. The molecule has 2 aromatic heterocycles. The van der Waals surface area contributed by atoms with Gasteiger partial charge in [-0.2, -0.15) is 5.10 Å². The minimum atomic E-state index is 0.0883. The molecular weight excluding hydrogens is 324 g/mol. The second kappa shape index (κ2) is 4.68. The Morgan fingerprint density at radius 1 is 1.35 bits per heavy atom. The molecule has 0 bridgehead atoms. The van der Waals surface area contributed by atoms with Crippen LogP contribution in [0.1, 0.15) is 0 Å². The number of hydrogen-bond donors (Lipinski definition) is 2. The van der Waals surface area contributed by atoms with Crippen molar-refractivity contribution in [2.75, 3.05) is 12.8 Å². The molecule has 3 N–H and O–H groups in total. The van der Waals surface area contributed by atoms with Gasteiger partial charge in [0.05, 0.1) is 12.8 Å². The summed E-state index contributed by atoms with van der Waals surface area (Å²) in [4.78, 5) is 3.97. The van der Waals surface area contributed by atoms with E-state index < -0.39 is 0 Å². The molecule has 0 saturated carbocycles. The summed E-state index contributed by atoms with van der Waals surface area (Å²) >= 11 is 3.45. The minimum Gasteiger partial charge on any atom is -0.504 e. The van der Waals surface area contributed by atoms with Crippen molar-refractivity contribution in [2.24, 2.45) is 0 Å². The lowest BCUT2D eigenvalue weighted by Crippen LogP contribution is -2.00. The maximum absolute atomic E-state index is 9.66. The molecule has 1 aromatic carbocycles. The third-order valence-corrected chi connectivity index (χ3v) is 3.62. The number of ether oxygens (including phenoxy) is 1. The number of methoxy groups -OCH3 is 1. The molecular formula is C13H11BrN4O2. The fourth-order valence-electron chi connectivity index (χ4n) is 2.07. The summed E-state index contributed by atoms with van der Waals surface area (Å²) in [5, 5.41) is 13.9. The van der Waals surface area contributed by atoms with Crippen molar-refractivity contribution in [1.29, 1.82) is 0 Å². The van der Waals surface area contributed by atoms with Crippen LogP contribution in [0.25, 0.3) is 16.8 Å². The van der Waals surface area contributed by atoms with Crippen LogP contribution in [0, 0.1) is 0 Å². The van der Waals surface area contributed by atoms with E-state index in [1.54, 1.807) is 22.7 Å². The van der Waals surface area contributed by atoms with E-state index in [9.17, 15) is 5.11 Å². The van der Waals surface area contributed by atoms with Crippen LogP contribution in [0.4, 0.5) is 5.82 Å². The van der Waals surface area contributed by atoms with Crippen LogP contribution in [-0.2, 0) is 0 Å². The van der Waals surface area contributed by atoms with Gasteiger partial charge in [0.15, 0.2) is 17.3 Å². The van der Waals surface area contributed by atoms with Crippen molar-refractivity contribution in [2.45, 2.75) is 0 Å². The number of fused-ring (bicyclic) bond motifs is 1. The number of aromatic nitrogens is 3. The normalized spacial score (nSPS) is 10.9. The Morgan fingerprint density at radius 3 is 2.90 bits per heavy atom. The van der Waals surface area contributed by atoms with Gasteiger partial charge in [0.25, 0.3) is 0 Å². The summed E-state index contributed by atoms with van der Waals surface area (Å²) in [7, 11) is 1.51. The van der Waals surface area contributed by atoms with Crippen LogP contribution in [0.15, 0.2) is 35.1 Å². The van der Waals surface area contributed by atoms with Crippen molar-refractivity contribution >= 4 is 27.3 Å². The molecule has 0 fully saturated rings. The molecule has 102 valence electrons. The van der Waals surface area contributed by atoms with Crippen LogP contribution in [-0.4, -0.2) is 26.8 Å². The molecule has 2 heterocycles. The molecule has 7 heteroatoms. The number of anilines is 1. The molecule has 6 nitrogen and oxygen atoms in total. The van der Waals surface area contributed by atoms with Gasteiger partial charge in [-0.05, 0) is 40.2 Å². The van der Waals surface area contributed by atoms with E-state index in [1.807, 2.05) is 6.07 Å². The van der Waals surface area contributed by atoms with Crippen LogP contribution in [0.5, 0.6) is 11.5 Å². The molecule has 0 aliphatic carbocycles. The molecule has 3 aromatic rings. The number of nitrogens with zero attached hydrogens (tertiary/aromatic N) is 3. The Kier molecular flexibility index (Phi) is 2.98. The van der Waals surface area contributed by atoms with E-state index >= 15 is 0 Å². The third-order valence-electron chi connectivity index (χ3n) is 3.01. The highest BCUT2D eigenvalue weighted by Crippen LogP contribution is 2.35. The number of rotatable bonds is 2. The summed E-state index contributed by atoms with van der Waals surface area (Å²) in [6.45, 7) is 0. The van der Waals surface area contributed by atoms with Crippen LogP contribution < -0.4 is 10.5 Å². The SMILES string of the molecule is COc1cc(-c2cc(Br)c3c(N)ncnn23)ccc1O. The fourth-order valence-corrected chi connectivity index (χ4v) is 2.65. The molecule has 0 spiro atoms. The molecule has 0 saturated heterocycles. The zero-order valence-electron chi connectivity index (χ0n) is 10.5. The van der Waals surface area contributed by atoms with Gasteiger partial charge in [0.2, 0.25) is 0 Å². The highest BCUT2D eigenvalue weighted by molar-refractivity contribution is 9.10. The molecule has 0 atom stereocenters. The number of benzene rings is 1. The number of halogens is 1. The quantitative estimate of drug-likeness (QED) is 0.751. The van der Waals surface area contributed by atoms with Gasteiger partial charge in [-0.25, -0.2) is 9.50 Å². The maximum atomic E-state index is 9.66. The van der Waals surface area contributed by atoms with Crippen molar-refractivity contribution in [3.63, 3.8) is 0 Å². The van der Waals surface area contributed by atoms with Gasteiger partial charge in [0, 0.05) is 10.0 Å². The van der Waals surface area contributed by atoms with Crippen LogP contribution in [0.2, 0.25) is 0 Å². The fraction of sp³-hybridized carbons (Fsp3) is 0.0769. The second-order valence-electron chi connectivity index (χ2n) is 4.17. The van der Waals surface area contributed by atoms with Crippen molar-refractivity contribution in [1.82, 2.24) is 14.6 Å². The van der Waals surface area contributed by atoms with Gasteiger partial charge < -0.3 is 15.6 Å². The average molecular weight is 335 g/mol. The Hall–Kier alpha value is -2.28. The van der Waals surface area contributed by atoms with Crippen molar-refractivity contribution in [3.05, 3.63) is 35.1 Å². The average Bonchev–Trinajstić information content (AvgIpc) is 2.78. The van der Waals surface area contributed by atoms with Crippen LogP contribution >= 0.6 is 15.9 Å². The zero-order valence-corrected chi connectivity index (χ0v) is 12.1. The number of phenolic OH excluding ortho intramolecular Hbond substituents is 1. The predicted octanol–water partition coefficient (Wildman–Crippen LogP) is 2.46. The maximum Gasteiger partial charge on any atom is 0.161 e. The molecule has 0 aliphatic rings. The van der Waals surface area contributed by atoms with E-state index in [4.69, 9.17) is 10.5 Å². The van der Waals surface area contributed by atoms with E-state index in [2.05, 4.69) is 26.0 Å². The standard InChI is InChI=1S/C13H11BrN4O2/c1-20-11-4-7(2-3-10(11)19)9-5-8(14)12-13(15)16-6-17-18(9)12/h2-6,19H,1H3,(H2,15,16,17). The third kappa shape index (κ3) is 1.87. The zero-order chi connectivity index (χ0) is 14.3. The van der Waals surface area contributed by atoms with Gasteiger partial charge in [-0.1, -0.05) is 0 Å². The van der Waals surface area contributed by atoms with Gasteiger partial charge >= 0.3 is 0 Å². The predicted molar refractivity (Wildman–Crippen MR) is 78.8 cm³/mol. The number of nitrogen functional groups attached to an aromatic ring is 1. The summed E-state index contributed by atoms with van der Waals surface area (Å²) in [6, 6.07) is 6.99. The Bertz CT molecular complexity index is 800. The molecule has 0 unspecified atom stereocenters. The highest BCUT2D eigenvalue weighted by atomic mass is 79.9.